The average molecular weight is 270 g/mol. The number of rotatable bonds is 2. The highest BCUT2D eigenvalue weighted by Gasteiger charge is 2.41. The van der Waals surface area contributed by atoms with Crippen molar-refractivity contribution in [3.8, 4) is 11.5 Å². The summed E-state index contributed by atoms with van der Waals surface area (Å²) in [5, 5.41) is 1.02. The Bertz CT molecular complexity index is 620. The van der Waals surface area contributed by atoms with Gasteiger partial charge in [-0.3, -0.25) is 0 Å². The Labute approximate surface area is 106 Å². The molecule has 2 aromatic carbocycles. The fraction of sp³-hybridized carbons (Fsp3) is 0.154. The van der Waals surface area contributed by atoms with Crippen molar-refractivity contribution in [1.82, 2.24) is 0 Å². The normalized spacial score (nSPS) is 11.4. The first-order valence-electron chi connectivity index (χ1n) is 5.27. The zero-order valence-corrected chi connectivity index (χ0v) is 9.82. The van der Waals surface area contributed by atoms with E-state index >= 15 is 0 Å². The number of benzene rings is 2. The van der Waals surface area contributed by atoms with Crippen LogP contribution in [-0.4, -0.2) is 19.3 Å². The van der Waals surface area contributed by atoms with Crippen LogP contribution in [0.15, 0.2) is 36.4 Å². The van der Waals surface area contributed by atoms with Gasteiger partial charge in [0.15, 0.2) is 0 Å². The summed E-state index contributed by atoms with van der Waals surface area (Å²) < 4.78 is 45.8. The first-order chi connectivity index (χ1) is 8.91. The maximum Gasteiger partial charge on any atom is 0.491 e. The van der Waals surface area contributed by atoms with Gasteiger partial charge in [0.1, 0.15) is 11.5 Å². The largest absolute Gasteiger partial charge is 0.497 e. The number of hydrogen-bond donors (Lipinski definition) is 0. The molecule has 0 bridgehead atoms. The third kappa shape index (κ3) is 2.78. The van der Waals surface area contributed by atoms with Crippen molar-refractivity contribution < 1.29 is 27.4 Å². The molecule has 0 saturated heterocycles. The van der Waals surface area contributed by atoms with Crippen LogP contribution in [0.4, 0.5) is 13.2 Å². The molecule has 0 heterocycles. The van der Waals surface area contributed by atoms with Crippen molar-refractivity contribution >= 4 is 16.7 Å². The number of carbonyl (C=O) groups excluding carboxylic acids is 1. The standard InChI is InChI=1S/C13H9F3O3/c1-18-9-5-6-10-8(7-9)3-2-4-11(10)19-12(17)13(14,15)16/h2-7H,1H3. The van der Waals surface area contributed by atoms with E-state index in [0.29, 0.717) is 16.5 Å². The maximum atomic E-state index is 12.2. The van der Waals surface area contributed by atoms with Crippen LogP contribution in [0.2, 0.25) is 0 Å². The summed E-state index contributed by atoms with van der Waals surface area (Å²) in [7, 11) is 1.48. The highest BCUT2D eigenvalue weighted by Crippen LogP contribution is 2.30. The van der Waals surface area contributed by atoms with Crippen molar-refractivity contribution in [3.63, 3.8) is 0 Å². The molecule has 100 valence electrons. The van der Waals surface area contributed by atoms with Gasteiger partial charge in [0.25, 0.3) is 0 Å². The Kier molecular flexibility index (Phi) is 3.33. The minimum atomic E-state index is -5.02. The van der Waals surface area contributed by atoms with E-state index in [-0.39, 0.29) is 5.75 Å². The Morgan fingerprint density at radius 2 is 1.89 bits per heavy atom. The lowest BCUT2D eigenvalue weighted by Gasteiger charge is -2.10. The Hall–Kier alpha value is -2.24. The summed E-state index contributed by atoms with van der Waals surface area (Å²) in [6.45, 7) is 0. The molecule has 6 heteroatoms. The molecule has 0 aliphatic heterocycles. The van der Waals surface area contributed by atoms with Crippen LogP contribution in [0.3, 0.4) is 0 Å². The molecule has 19 heavy (non-hydrogen) atoms. The summed E-state index contributed by atoms with van der Waals surface area (Å²) in [5.41, 5.74) is 0. The Morgan fingerprint density at radius 1 is 1.16 bits per heavy atom. The van der Waals surface area contributed by atoms with Crippen LogP contribution in [0.1, 0.15) is 0 Å². The van der Waals surface area contributed by atoms with Gasteiger partial charge in [-0.15, -0.1) is 0 Å². The summed E-state index contributed by atoms with van der Waals surface area (Å²) in [6, 6.07) is 9.24. The van der Waals surface area contributed by atoms with E-state index in [4.69, 9.17) is 4.74 Å². The van der Waals surface area contributed by atoms with Gasteiger partial charge in [-0.2, -0.15) is 13.2 Å². The van der Waals surface area contributed by atoms with Gasteiger partial charge in [0, 0.05) is 5.39 Å². The van der Waals surface area contributed by atoms with E-state index in [9.17, 15) is 18.0 Å². The van der Waals surface area contributed by atoms with Gasteiger partial charge in [0.05, 0.1) is 7.11 Å². The highest BCUT2D eigenvalue weighted by molar-refractivity contribution is 5.92. The van der Waals surface area contributed by atoms with E-state index in [1.807, 2.05) is 0 Å². The van der Waals surface area contributed by atoms with Crippen LogP contribution in [0.5, 0.6) is 11.5 Å². The second kappa shape index (κ2) is 4.79. The van der Waals surface area contributed by atoms with E-state index in [1.165, 1.54) is 25.3 Å². The molecule has 0 radical (unpaired) electrons. The van der Waals surface area contributed by atoms with E-state index < -0.39 is 12.1 Å². The first kappa shape index (κ1) is 13.2. The molecule has 2 rings (SSSR count). The fourth-order valence-corrected chi connectivity index (χ4v) is 1.61. The molecule has 3 nitrogen and oxygen atoms in total. The topological polar surface area (TPSA) is 35.5 Å². The summed E-state index contributed by atoms with van der Waals surface area (Å²) >= 11 is 0. The summed E-state index contributed by atoms with van der Waals surface area (Å²) in [4.78, 5) is 10.8. The molecular formula is C13H9F3O3. The average Bonchev–Trinajstić information content (AvgIpc) is 2.37. The van der Waals surface area contributed by atoms with Gasteiger partial charge in [-0.1, -0.05) is 12.1 Å². The Balaban J connectivity index is 2.42. The second-order valence-electron chi connectivity index (χ2n) is 3.73. The van der Waals surface area contributed by atoms with Gasteiger partial charge in [-0.25, -0.2) is 4.79 Å². The number of halogens is 3. The van der Waals surface area contributed by atoms with Gasteiger partial charge in [0.2, 0.25) is 0 Å². The van der Waals surface area contributed by atoms with E-state index in [1.54, 1.807) is 18.2 Å². The molecule has 0 aliphatic rings. The van der Waals surface area contributed by atoms with Crippen molar-refractivity contribution in [2.45, 2.75) is 6.18 Å². The first-order valence-corrected chi connectivity index (χ1v) is 5.27. The number of fused-ring (bicyclic) bond motifs is 1. The van der Waals surface area contributed by atoms with Crippen LogP contribution in [0.25, 0.3) is 10.8 Å². The molecule has 0 atom stereocenters. The lowest BCUT2D eigenvalue weighted by molar-refractivity contribution is -0.189. The third-order valence-electron chi connectivity index (χ3n) is 2.48. The zero-order chi connectivity index (χ0) is 14.0. The Morgan fingerprint density at radius 3 is 2.53 bits per heavy atom. The number of esters is 1. The molecule has 0 spiro atoms. The van der Waals surface area contributed by atoms with Crippen LogP contribution >= 0.6 is 0 Å². The molecular weight excluding hydrogens is 261 g/mol. The smallest absolute Gasteiger partial charge is 0.491 e. The van der Waals surface area contributed by atoms with Crippen LogP contribution in [0, 0.1) is 0 Å². The number of alkyl halides is 3. The summed E-state index contributed by atoms with van der Waals surface area (Å²) in [5.74, 6) is -1.81. The highest BCUT2D eigenvalue weighted by atomic mass is 19.4. The molecule has 0 fully saturated rings. The number of ether oxygens (including phenoxy) is 2. The lowest BCUT2D eigenvalue weighted by Crippen LogP contribution is -2.28. The number of methoxy groups -OCH3 is 1. The monoisotopic (exact) mass is 270 g/mol. The van der Waals surface area contributed by atoms with Crippen molar-refractivity contribution in [1.29, 1.82) is 0 Å². The number of hydrogen-bond acceptors (Lipinski definition) is 3. The van der Waals surface area contributed by atoms with Crippen LogP contribution < -0.4 is 9.47 Å². The second-order valence-corrected chi connectivity index (χ2v) is 3.73. The van der Waals surface area contributed by atoms with Gasteiger partial charge in [-0.05, 0) is 29.7 Å². The molecule has 0 aliphatic carbocycles. The predicted molar refractivity (Wildman–Crippen MR) is 62.2 cm³/mol. The minimum absolute atomic E-state index is 0.137. The fourth-order valence-electron chi connectivity index (χ4n) is 1.61. The summed E-state index contributed by atoms with van der Waals surface area (Å²) in [6.07, 6.45) is -5.02. The molecule has 0 saturated carbocycles. The predicted octanol–water partition coefficient (Wildman–Crippen LogP) is 3.32. The molecule has 0 N–H and O–H groups in total. The van der Waals surface area contributed by atoms with Crippen molar-refractivity contribution in [3.05, 3.63) is 36.4 Å². The van der Waals surface area contributed by atoms with Crippen molar-refractivity contribution in [2.24, 2.45) is 0 Å². The molecule has 2 aromatic rings. The molecule has 0 aromatic heterocycles. The quantitative estimate of drug-likeness (QED) is 0.620. The number of carbonyl (C=O) groups is 1. The molecule has 0 unspecified atom stereocenters. The lowest BCUT2D eigenvalue weighted by atomic mass is 10.1. The van der Waals surface area contributed by atoms with Crippen LogP contribution in [-0.2, 0) is 4.79 Å². The molecule has 0 amide bonds. The van der Waals surface area contributed by atoms with Crippen molar-refractivity contribution in [2.75, 3.05) is 7.11 Å². The zero-order valence-electron chi connectivity index (χ0n) is 9.82. The SMILES string of the molecule is COc1ccc2c(OC(=O)C(F)(F)F)cccc2c1. The minimum Gasteiger partial charge on any atom is -0.497 e. The van der Waals surface area contributed by atoms with E-state index in [2.05, 4.69) is 4.74 Å². The van der Waals surface area contributed by atoms with E-state index in [0.717, 1.165) is 0 Å². The maximum absolute atomic E-state index is 12.2. The third-order valence-corrected chi connectivity index (χ3v) is 2.48. The van der Waals surface area contributed by atoms with Gasteiger partial charge >= 0.3 is 12.1 Å². The van der Waals surface area contributed by atoms with Gasteiger partial charge < -0.3 is 9.47 Å².